The summed E-state index contributed by atoms with van der Waals surface area (Å²) in [6.45, 7) is 1.68. The van der Waals surface area contributed by atoms with Gasteiger partial charge in [-0.2, -0.15) is 0 Å². The van der Waals surface area contributed by atoms with E-state index in [0.29, 0.717) is 4.99 Å². The Labute approximate surface area is 78.5 Å². The Bertz CT molecular complexity index is 81.1. The van der Waals surface area contributed by atoms with E-state index in [-0.39, 0.29) is 0 Å². The molecule has 0 saturated heterocycles. The summed E-state index contributed by atoms with van der Waals surface area (Å²) < 4.78 is 0. The third kappa shape index (κ3) is 178. The third-order valence-corrected chi connectivity index (χ3v) is 0. The fraction of sp³-hybridized carbons (Fsp3) is 0.500. The number of hydrogen-bond donors (Lipinski definition) is 1. The van der Waals surface area contributed by atoms with Crippen molar-refractivity contribution in [3.63, 3.8) is 0 Å². The molecule has 1 nitrogen and oxygen atoms in total. The van der Waals surface area contributed by atoms with Crippen molar-refractivity contribution in [3.05, 3.63) is 0 Å². The van der Waals surface area contributed by atoms with Crippen LogP contribution in [0.4, 0.5) is 0 Å². The number of hydrogen-bond acceptors (Lipinski definition) is 1. The quantitative estimate of drug-likeness (QED) is 0.544. The predicted octanol–water partition coefficient (Wildman–Crippen LogP) is 2.67. The summed E-state index contributed by atoms with van der Waals surface area (Å²) in [5.41, 5.74) is 4.84. The molecule has 2 N–H and O–H groups in total. The Morgan fingerprint density at radius 3 is 1.33 bits per heavy atom. The van der Waals surface area contributed by atoms with E-state index in [2.05, 4.69) is 12.2 Å². The summed E-state index contributed by atoms with van der Waals surface area (Å²) in [5, 5.41) is 0. The minimum atomic E-state index is -3.29. The van der Waals surface area contributed by atoms with Crippen LogP contribution in [0.2, 0.25) is 0 Å². The van der Waals surface area contributed by atoms with Gasteiger partial charge >= 0.3 is 49.6 Å². The molecule has 0 aromatic carbocycles. The zero-order chi connectivity index (χ0) is 8.08. The van der Waals surface area contributed by atoms with Crippen molar-refractivity contribution in [2.45, 2.75) is 6.92 Å². The van der Waals surface area contributed by atoms with Crippen LogP contribution in [0.25, 0.3) is 0 Å². The summed E-state index contributed by atoms with van der Waals surface area (Å²) in [6.07, 6.45) is 0. The topological polar surface area (TPSA) is 26.0 Å². The van der Waals surface area contributed by atoms with Crippen molar-refractivity contribution < 1.29 is 0 Å². The summed E-state index contributed by atoms with van der Waals surface area (Å²) in [5.74, 6) is 0. The van der Waals surface area contributed by atoms with Crippen molar-refractivity contribution in [2.24, 2.45) is 5.73 Å². The van der Waals surface area contributed by atoms with E-state index < -0.39 is 13.9 Å². The molecule has 0 radical (unpaired) electrons. The summed E-state index contributed by atoms with van der Waals surface area (Å²) >= 11 is 1.02. The molecule has 0 rings (SSSR count). The molecule has 0 atom stereocenters. The number of rotatable bonds is 0. The summed E-state index contributed by atoms with van der Waals surface area (Å²) in [6, 6.07) is 0. The van der Waals surface area contributed by atoms with Crippen LogP contribution >= 0.6 is 47.9 Å². The molecule has 0 aliphatic rings. The molecule has 7 heteroatoms. The van der Waals surface area contributed by atoms with Crippen molar-refractivity contribution in [3.8, 4) is 0 Å². The zero-order valence-electron chi connectivity index (χ0n) is 4.50. The van der Waals surface area contributed by atoms with Crippen LogP contribution in [0.15, 0.2) is 0 Å². The molecule has 0 heterocycles. The molecule has 0 bridgehead atoms. The van der Waals surface area contributed by atoms with Crippen LogP contribution in [0.3, 0.4) is 0 Å². The van der Waals surface area contributed by atoms with Crippen molar-refractivity contribution in [1.29, 1.82) is 0 Å². The van der Waals surface area contributed by atoms with Crippen LogP contribution in [-0.4, -0.2) is 18.9 Å². The van der Waals surface area contributed by atoms with Gasteiger partial charge in [-0.15, -0.1) is 0 Å². The molecule has 9 heavy (non-hydrogen) atoms. The molecule has 56 valence electrons. The second kappa shape index (κ2) is 6.55. The van der Waals surface area contributed by atoms with E-state index in [1.54, 1.807) is 6.92 Å². The van der Waals surface area contributed by atoms with E-state index in [9.17, 15) is 0 Å². The van der Waals surface area contributed by atoms with Crippen LogP contribution in [0.5, 0.6) is 0 Å². The Morgan fingerprint density at radius 1 is 1.33 bits per heavy atom. The van der Waals surface area contributed by atoms with E-state index in [1.807, 2.05) is 0 Å². The van der Waals surface area contributed by atoms with Gasteiger partial charge in [0.15, 0.2) is 0 Å². The van der Waals surface area contributed by atoms with Gasteiger partial charge in [-0.05, 0) is 6.92 Å². The molecule has 0 unspecified atom stereocenters. The fourth-order valence-electron chi connectivity index (χ4n) is 0. The molecular formula is C2H5Cl4NSSn. The summed E-state index contributed by atoms with van der Waals surface area (Å²) in [7, 11) is 20.1. The van der Waals surface area contributed by atoms with Crippen LogP contribution in [0.1, 0.15) is 6.92 Å². The first-order valence-corrected chi connectivity index (χ1v) is 16.6. The number of nitrogens with two attached hydrogens (primary N) is 1. The second-order valence-corrected chi connectivity index (χ2v) is 27.1. The predicted molar refractivity (Wildman–Crippen MR) is 51.6 cm³/mol. The molecule has 0 fully saturated rings. The Hall–Kier alpha value is 1.85. The van der Waals surface area contributed by atoms with Gasteiger partial charge in [-0.1, -0.05) is 12.2 Å². The molecular weight excluding hydrogens is 331 g/mol. The first-order chi connectivity index (χ1) is 3.73. The minimum absolute atomic E-state index is 0.500. The molecule has 0 saturated carbocycles. The van der Waals surface area contributed by atoms with Gasteiger partial charge in [0.05, 0.1) is 4.99 Å². The zero-order valence-corrected chi connectivity index (χ0v) is 11.2. The average molecular weight is 336 g/mol. The SMILES string of the molecule is CC(N)=S.[Cl][Sn]([Cl])([Cl])[Cl]. The van der Waals surface area contributed by atoms with Crippen molar-refractivity contribution in [1.82, 2.24) is 0 Å². The van der Waals surface area contributed by atoms with Gasteiger partial charge < -0.3 is 5.73 Å². The van der Waals surface area contributed by atoms with Crippen LogP contribution in [-0.2, 0) is 0 Å². The van der Waals surface area contributed by atoms with Crippen LogP contribution < -0.4 is 5.73 Å². The van der Waals surface area contributed by atoms with Gasteiger partial charge in [0, 0.05) is 0 Å². The van der Waals surface area contributed by atoms with Gasteiger partial charge in [-0.3, -0.25) is 0 Å². The molecule has 0 aliphatic heterocycles. The summed E-state index contributed by atoms with van der Waals surface area (Å²) in [4.78, 5) is 0.500. The van der Waals surface area contributed by atoms with E-state index in [0.717, 1.165) is 0 Å². The molecule has 0 aromatic heterocycles. The molecule has 0 aromatic rings. The van der Waals surface area contributed by atoms with Gasteiger partial charge in [0.1, 0.15) is 0 Å². The van der Waals surface area contributed by atoms with E-state index in [1.165, 1.54) is 0 Å². The van der Waals surface area contributed by atoms with Crippen LogP contribution in [0, 0.1) is 0 Å². The molecule has 0 spiro atoms. The number of thiocarbonyl (C=S) groups is 1. The Morgan fingerprint density at radius 2 is 1.33 bits per heavy atom. The molecule has 0 aliphatic carbocycles. The average Bonchev–Trinajstić information content (AvgIpc) is 1.19. The van der Waals surface area contributed by atoms with Gasteiger partial charge in [-0.25, -0.2) is 0 Å². The molecule has 0 amide bonds. The van der Waals surface area contributed by atoms with E-state index >= 15 is 0 Å². The second-order valence-electron chi connectivity index (χ2n) is 1.04. The standard InChI is InChI=1S/C2H5NS.4ClH.Sn/c1-2(3)4;;;;;/h1H3,(H2,3,4);4*1H;/q;;;;;+4/p-4. The maximum absolute atomic E-state index is 5.04. The first-order valence-electron chi connectivity index (χ1n) is 1.75. The maximum atomic E-state index is 5.04. The van der Waals surface area contributed by atoms with Crippen molar-refractivity contribution in [2.75, 3.05) is 0 Å². The third-order valence-electron chi connectivity index (χ3n) is 0. The van der Waals surface area contributed by atoms with Crippen molar-refractivity contribution >= 4 is 66.8 Å². The normalized spacial score (nSPS) is 9.44. The monoisotopic (exact) mass is 335 g/mol. The first kappa shape index (κ1) is 13.4. The fourth-order valence-corrected chi connectivity index (χ4v) is 0. The Balaban J connectivity index is 0. The Kier molecular flexibility index (Phi) is 9.78. The van der Waals surface area contributed by atoms with Gasteiger partial charge in [0.2, 0.25) is 0 Å². The van der Waals surface area contributed by atoms with Gasteiger partial charge in [0.25, 0.3) is 0 Å². The number of halogens is 4. The van der Waals surface area contributed by atoms with E-state index in [4.69, 9.17) is 41.4 Å².